The van der Waals surface area contributed by atoms with Crippen molar-refractivity contribution in [3.63, 3.8) is 0 Å². The van der Waals surface area contributed by atoms with Crippen LogP contribution in [0.1, 0.15) is 47.0 Å². The number of ether oxygens (including phenoxy) is 1. The molecule has 4 rings (SSSR count). The first-order chi connectivity index (χ1) is 16.1. The molecule has 1 fully saturated rings. The summed E-state index contributed by atoms with van der Waals surface area (Å²) in [6, 6.07) is 4.04. The Morgan fingerprint density at radius 1 is 1.18 bits per heavy atom. The van der Waals surface area contributed by atoms with Crippen molar-refractivity contribution in [2.75, 3.05) is 29.9 Å². The number of carbonyl (C=O) groups excluding carboxylic acids is 2. The van der Waals surface area contributed by atoms with E-state index in [1.165, 1.54) is 18.7 Å². The van der Waals surface area contributed by atoms with Gasteiger partial charge in [0.15, 0.2) is 5.69 Å². The number of oxazole rings is 1. The molecule has 11 heteroatoms. The molecule has 2 N–H and O–H groups in total. The van der Waals surface area contributed by atoms with Crippen LogP contribution in [-0.2, 0) is 0 Å². The Hall–Kier alpha value is -4.02. The predicted molar refractivity (Wildman–Crippen MR) is 119 cm³/mol. The van der Waals surface area contributed by atoms with Crippen molar-refractivity contribution in [1.82, 2.24) is 25.3 Å². The van der Waals surface area contributed by atoms with Gasteiger partial charge in [-0.05, 0) is 18.6 Å². The van der Waals surface area contributed by atoms with Crippen LogP contribution in [-0.4, -0.2) is 57.5 Å². The third-order valence-electron chi connectivity index (χ3n) is 5.10. The van der Waals surface area contributed by atoms with Crippen molar-refractivity contribution >= 4 is 23.5 Å². The second-order valence-corrected chi connectivity index (χ2v) is 7.48. The van der Waals surface area contributed by atoms with Crippen molar-refractivity contribution in [3.05, 3.63) is 54.4 Å². The number of nitrogens with one attached hydrogen (secondary N) is 2. The highest BCUT2D eigenvalue weighted by atomic mass is 16.5. The minimum Gasteiger partial charge on any atom is -0.460 e. The molecule has 33 heavy (non-hydrogen) atoms. The predicted octanol–water partition coefficient (Wildman–Crippen LogP) is 2.30. The molecule has 11 nitrogen and oxygen atoms in total. The van der Waals surface area contributed by atoms with Gasteiger partial charge in [-0.2, -0.15) is 4.98 Å². The van der Waals surface area contributed by atoms with Gasteiger partial charge >= 0.3 is 6.01 Å². The van der Waals surface area contributed by atoms with Crippen LogP contribution >= 0.6 is 0 Å². The molecule has 0 saturated carbocycles. The number of carbonyl (C=O) groups is 2. The molecule has 1 aliphatic heterocycles. The van der Waals surface area contributed by atoms with Crippen LogP contribution in [0.4, 0.5) is 11.7 Å². The molecule has 0 bridgehead atoms. The largest absolute Gasteiger partial charge is 0.460 e. The van der Waals surface area contributed by atoms with Crippen molar-refractivity contribution in [3.8, 4) is 6.01 Å². The molecule has 4 heterocycles. The van der Waals surface area contributed by atoms with Crippen LogP contribution in [0.2, 0.25) is 0 Å². The molecule has 2 amide bonds. The lowest BCUT2D eigenvalue weighted by molar-refractivity contribution is 0.0954. The van der Waals surface area contributed by atoms with Crippen LogP contribution in [0, 0.1) is 0 Å². The molecule has 0 aromatic carbocycles. The summed E-state index contributed by atoms with van der Waals surface area (Å²) in [5.74, 6) is -0.771. The van der Waals surface area contributed by atoms with Gasteiger partial charge in [-0.25, -0.2) is 9.97 Å². The SMILES string of the molecule is CCCNC(=O)c1cnccc1NC(=O)c1coc(N2CCC(Oc3ncccn3)CC2)n1. The first-order valence-corrected chi connectivity index (χ1v) is 10.8. The van der Waals surface area contributed by atoms with Gasteiger partial charge in [0.1, 0.15) is 12.4 Å². The lowest BCUT2D eigenvalue weighted by Gasteiger charge is -2.30. The molecule has 0 spiro atoms. The first kappa shape index (κ1) is 22.2. The normalized spacial score (nSPS) is 14.0. The maximum absolute atomic E-state index is 12.7. The van der Waals surface area contributed by atoms with Crippen molar-refractivity contribution in [2.45, 2.75) is 32.3 Å². The zero-order valence-electron chi connectivity index (χ0n) is 18.2. The standard InChI is InChI=1S/C22H25N7O4/c1-2-7-24-19(30)16-13-23-10-4-17(16)27-20(31)18-14-32-22(28-18)29-11-5-15(6-12-29)33-21-25-8-3-9-26-21/h3-4,8-10,13-15H,2,5-7,11-12H2,1H3,(H,24,30)(H,23,27,31). The third kappa shape index (κ3) is 5.62. The number of piperidine rings is 1. The van der Waals surface area contributed by atoms with Gasteiger partial charge in [0.25, 0.3) is 17.8 Å². The second kappa shape index (κ2) is 10.5. The van der Waals surface area contributed by atoms with Crippen molar-refractivity contribution in [2.24, 2.45) is 0 Å². The number of nitrogens with zero attached hydrogens (tertiary/aromatic N) is 5. The lowest BCUT2D eigenvalue weighted by Crippen LogP contribution is -2.38. The van der Waals surface area contributed by atoms with Crippen molar-refractivity contribution in [1.29, 1.82) is 0 Å². The van der Waals surface area contributed by atoms with Gasteiger partial charge in [0.2, 0.25) is 0 Å². The van der Waals surface area contributed by atoms with Gasteiger partial charge < -0.3 is 24.7 Å². The highest BCUT2D eigenvalue weighted by Gasteiger charge is 2.25. The summed E-state index contributed by atoms with van der Waals surface area (Å²) < 4.78 is 11.3. The summed E-state index contributed by atoms with van der Waals surface area (Å²) in [5, 5.41) is 5.50. The van der Waals surface area contributed by atoms with E-state index in [0.717, 1.165) is 19.3 Å². The van der Waals surface area contributed by atoms with E-state index in [-0.39, 0.29) is 23.3 Å². The summed E-state index contributed by atoms with van der Waals surface area (Å²) in [6.45, 7) is 3.81. The summed E-state index contributed by atoms with van der Waals surface area (Å²) in [4.78, 5) is 43.5. The van der Waals surface area contributed by atoms with Gasteiger partial charge in [-0.1, -0.05) is 6.92 Å². The Labute approximate surface area is 190 Å². The first-order valence-electron chi connectivity index (χ1n) is 10.8. The number of pyridine rings is 1. The van der Waals surface area contributed by atoms with E-state index < -0.39 is 5.91 Å². The van der Waals surface area contributed by atoms with Crippen molar-refractivity contribution < 1.29 is 18.7 Å². The van der Waals surface area contributed by atoms with Crippen LogP contribution in [0.25, 0.3) is 0 Å². The number of aromatic nitrogens is 4. The minimum absolute atomic E-state index is 0.00495. The molecule has 0 radical (unpaired) electrons. The van der Waals surface area contributed by atoms with Gasteiger partial charge in [0.05, 0.1) is 11.3 Å². The number of amides is 2. The van der Waals surface area contributed by atoms with E-state index in [4.69, 9.17) is 9.15 Å². The number of hydrogen-bond acceptors (Lipinski definition) is 9. The topological polar surface area (TPSA) is 135 Å². The summed E-state index contributed by atoms with van der Waals surface area (Å²) >= 11 is 0. The smallest absolute Gasteiger partial charge is 0.316 e. The maximum Gasteiger partial charge on any atom is 0.316 e. The highest BCUT2D eigenvalue weighted by Crippen LogP contribution is 2.22. The van der Waals surface area contributed by atoms with Crippen LogP contribution in [0.5, 0.6) is 6.01 Å². The Morgan fingerprint density at radius 3 is 2.73 bits per heavy atom. The Balaban J connectivity index is 1.34. The molecule has 1 saturated heterocycles. The molecule has 0 unspecified atom stereocenters. The van der Waals surface area contributed by atoms with Gasteiger partial charge in [-0.3, -0.25) is 14.6 Å². The highest BCUT2D eigenvalue weighted by molar-refractivity contribution is 6.08. The molecular weight excluding hydrogens is 426 g/mol. The summed E-state index contributed by atoms with van der Waals surface area (Å²) in [6.07, 6.45) is 9.82. The number of hydrogen-bond donors (Lipinski definition) is 2. The Kier molecular flexibility index (Phi) is 7.08. The van der Waals surface area contributed by atoms with E-state index >= 15 is 0 Å². The molecular formula is C22H25N7O4. The van der Waals surface area contributed by atoms with Gasteiger partial charge in [0, 0.05) is 57.3 Å². The Morgan fingerprint density at radius 2 is 1.97 bits per heavy atom. The number of rotatable bonds is 8. The fraction of sp³-hybridized carbons (Fsp3) is 0.364. The number of anilines is 2. The molecule has 0 aliphatic carbocycles. The average Bonchev–Trinajstić information content (AvgIpc) is 3.35. The van der Waals surface area contributed by atoms with E-state index in [1.54, 1.807) is 24.5 Å². The molecule has 3 aromatic rings. The van der Waals surface area contributed by atoms with E-state index in [9.17, 15) is 9.59 Å². The van der Waals surface area contributed by atoms with Crippen LogP contribution in [0.15, 0.2) is 47.6 Å². The fourth-order valence-electron chi connectivity index (χ4n) is 3.38. The summed E-state index contributed by atoms with van der Waals surface area (Å²) in [7, 11) is 0. The maximum atomic E-state index is 12.7. The van der Waals surface area contributed by atoms with Crippen LogP contribution in [0.3, 0.4) is 0 Å². The third-order valence-corrected chi connectivity index (χ3v) is 5.10. The molecule has 172 valence electrons. The quantitative estimate of drug-likeness (QED) is 0.529. The minimum atomic E-state index is -0.472. The lowest BCUT2D eigenvalue weighted by atomic mass is 10.1. The fourth-order valence-corrected chi connectivity index (χ4v) is 3.38. The van der Waals surface area contributed by atoms with Crippen LogP contribution < -0.4 is 20.3 Å². The second-order valence-electron chi connectivity index (χ2n) is 7.48. The molecule has 0 atom stereocenters. The zero-order valence-corrected chi connectivity index (χ0v) is 18.2. The summed E-state index contributed by atoms with van der Waals surface area (Å²) in [5.41, 5.74) is 0.763. The monoisotopic (exact) mass is 451 g/mol. The molecule has 3 aromatic heterocycles. The zero-order chi connectivity index (χ0) is 23.0. The van der Waals surface area contributed by atoms with E-state index in [2.05, 4.69) is 30.6 Å². The average molecular weight is 451 g/mol. The van der Waals surface area contributed by atoms with Gasteiger partial charge in [-0.15, -0.1) is 0 Å². The van der Waals surface area contributed by atoms with E-state index in [0.29, 0.717) is 37.3 Å². The molecule has 1 aliphatic rings. The Bertz CT molecular complexity index is 1080. The van der Waals surface area contributed by atoms with E-state index in [1.807, 2.05) is 11.8 Å².